The molecule has 0 heterocycles. The number of carbonyl (C=O) groups is 1. The summed E-state index contributed by atoms with van der Waals surface area (Å²) in [6.07, 6.45) is 2.09. The van der Waals surface area contributed by atoms with Gasteiger partial charge in [0.1, 0.15) is 5.75 Å². The van der Waals surface area contributed by atoms with Crippen LogP contribution < -0.4 is 15.8 Å². The molecule has 1 aromatic carbocycles. The van der Waals surface area contributed by atoms with E-state index in [1.165, 1.54) is 0 Å². The monoisotopic (exact) mass is 264 g/mol. The van der Waals surface area contributed by atoms with Crippen LogP contribution in [-0.2, 0) is 0 Å². The fourth-order valence-electron chi connectivity index (χ4n) is 2.32. The summed E-state index contributed by atoms with van der Waals surface area (Å²) >= 11 is 0. The molecule has 1 atom stereocenters. The smallest absolute Gasteiger partial charge is 0.253 e. The van der Waals surface area contributed by atoms with Gasteiger partial charge in [0.25, 0.3) is 5.91 Å². The number of hydrogen-bond acceptors (Lipinski definition) is 3. The Balaban J connectivity index is 2.84. The molecule has 0 aliphatic rings. The molecule has 0 aromatic heterocycles. The van der Waals surface area contributed by atoms with Crippen molar-refractivity contribution in [1.82, 2.24) is 5.32 Å². The van der Waals surface area contributed by atoms with Crippen LogP contribution in [0.4, 0.5) is 5.69 Å². The zero-order valence-corrected chi connectivity index (χ0v) is 12.2. The Bertz CT molecular complexity index is 428. The van der Waals surface area contributed by atoms with Gasteiger partial charge < -0.3 is 15.8 Å². The number of methoxy groups -OCH3 is 1. The van der Waals surface area contributed by atoms with E-state index in [2.05, 4.69) is 19.2 Å². The van der Waals surface area contributed by atoms with Gasteiger partial charge in [-0.25, -0.2) is 0 Å². The van der Waals surface area contributed by atoms with Crippen LogP contribution in [0.1, 0.15) is 44.0 Å². The van der Waals surface area contributed by atoms with Gasteiger partial charge in [-0.2, -0.15) is 0 Å². The lowest BCUT2D eigenvalue weighted by Gasteiger charge is -2.23. The predicted molar refractivity (Wildman–Crippen MR) is 78.4 cm³/mol. The molecule has 1 rings (SSSR count). The Morgan fingerprint density at radius 2 is 2.00 bits per heavy atom. The van der Waals surface area contributed by atoms with Crippen LogP contribution in [0.5, 0.6) is 5.75 Å². The molecule has 0 saturated carbocycles. The van der Waals surface area contributed by atoms with Gasteiger partial charge in [-0.05, 0) is 25.0 Å². The van der Waals surface area contributed by atoms with Gasteiger partial charge in [-0.15, -0.1) is 0 Å². The quantitative estimate of drug-likeness (QED) is 0.776. The van der Waals surface area contributed by atoms with Crippen LogP contribution in [0, 0.1) is 5.92 Å². The molecular formula is C15H24N2O2. The lowest BCUT2D eigenvalue weighted by molar-refractivity contribution is 0.0926. The molecule has 0 bridgehead atoms. The Hall–Kier alpha value is -1.71. The first-order valence-corrected chi connectivity index (χ1v) is 6.78. The standard InChI is InChI=1S/C15H24N2O2/c1-5-11(6-2)10(3)17-15(18)12-8-7-9-13(19-4)14(12)16/h7-11H,5-6,16H2,1-4H3,(H,17,18). The lowest BCUT2D eigenvalue weighted by Crippen LogP contribution is -2.38. The fourth-order valence-corrected chi connectivity index (χ4v) is 2.32. The summed E-state index contributed by atoms with van der Waals surface area (Å²) in [6, 6.07) is 5.36. The second-order valence-corrected chi connectivity index (χ2v) is 4.76. The average Bonchev–Trinajstić information content (AvgIpc) is 2.40. The molecular weight excluding hydrogens is 240 g/mol. The van der Waals surface area contributed by atoms with Crippen LogP contribution in [0.2, 0.25) is 0 Å². The minimum absolute atomic E-state index is 0.133. The van der Waals surface area contributed by atoms with Crippen molar-refractivity contribution in [1.29, 1.82) is 0 Å². The number of benzene rings is 1. The van der Waals surface area contributed by atoms with Crippen molar-refractivity contribution in [3.05, 3.63) is 23.8 Å². The van der Waals surface area contributed by atoms with Crippen LogP contribution in [0.25, 0.3) is 0 Å². The molecule has 19 heavy (non-hydrogen) atoms. The number of nitrogens with two attached hydrogens (primary N) is 1. The summed E-state index contributed by atoms with van der Waals surface area (Å²) in [4.78, 5) is 12.2. The Morgan fingerprint density at radius 1 is 1.37 bits per heavy atom. The van der Waals surface area contributed by atoms with E-state index >= 15 is 0 Å². The third kappa shape index (κ3) is 3.63. The van der Waals surface area contributed by atoms with E-state index in [9.17, 15) is 4.79 Å². The van der Waals surface area contributed by atoms with Crippen molar-refractivity contribution in [2.24, 2.45) is 5.92 Å². The molecule has 1 amide bonds. The minimum atomic E-state index is -0.143. The average molecular weight is 264 g/mol. The molecule has 0 radical (unpaired) electrons. The molecule has 0 aliphatic carbocycles. The number of amides is 1. The topological polar surface area (TPSA) is 64.3 Å². The van der Waals surface area contributed by atoms with Crippen LogP contribution in [0.3, 0.4) is 0 Å². The number of anilines is 1. The van der Waals surface area contributed by atoms with Crippen LogP contribution >= 0.6 is 0 Å². The summed E-state index contributed by atoms with van der Waals surface area (Å²) in [5, 5.41) is 3.02. The van der Waals surface area contributed by atoms with Crippen molar-refractivity contribution in [2.75, 3.05) is 12.8 Å². The summed E-state index contributed by atoms with van der Waals surface area (Å²) in [5.41, 5.74) is 6.78. The summed E-state index contributed by atoms with van der Waals surface area (Å²) < 4.78 is 5.13. The van der Waals surface area contributed by atoms with Crippen LogP contribution in [-0.4, -0.2) is 19.1 Å². The van der Waals surface area contributed by atoms with Gasteiger partial charge in [-0.1, -0.05) is 32.8 Å². The van der Waals surface area contributed by atoms with Gasteiger partial charge >= 0.3 is 0 Å². The number of nitrogens with one attached hydrogen (secondary N) is 1. The third-order valence-corrected chi connectivity index (χ3v) is 3.65. The Kier molecular flexibility index (Phi) is 5.67. The van der Waals surface area contributed by atoms with Crippen molar-refractivity contribution >= 4 is 11.6 Å². The minimum Gasteiger partial charge on any atom is -0.495 e. The largest absolute Gasteiger partial charge is 0.495 e. The predicted octanol–water partition coefficient (Wildman–Crippen LogP) is 2.83. The molecule has 3 N–H and O–H groups in total. The van der Waals surface area contributed by atoms with Crippen molar-refractivity contribution < 1.29 is 9.53 Å². The maximum absolute atomic E-state index is 12.2. The zero-order chi connectivity index (χ0) is 14.4. The third-order valence-electron chi connectivity index (χ3n) is 3.65. The number of para-hydroxylation sites is 1. The van der Waals surface area contributed by atoms with E-state index < -0.39 is 0 Å². The number of rotatable bonds is 6. The second-order valence-electron chi connectivity index (χ2n) is 4.76. The Labute approximate surface area is 115 Å². The van der Waals surface area contributed by atoms with E-state index in [4.69, 9.17) is 10.5 Å². The summed E-state index contributed by atoms with van der Waals surface area (Å²) in [6.45, 7) is 6.30. The van der Waals surface area contributed by atoms with Gasteiger partial charge in [-0.3, -0.25) is 4.79 Å². The highest BCUT2D eigenvalue weighted by Crippen LogP contribution is 2.25. The SMILES string of the molecule is CCC(CC)C(C)NC(=O)c1cccc(OC)c1N. The highest BCUT2D eigenvalue weighted by Gasteiger charge is 2.19. The summed E-state index contributed by atoms with van der Waals surface area (Å²) in [5.74, 6) is 0.870. The molecule has 106 valence electrons. The van der Waals surface area contributed by atoms with Crippen molar-refractivity contribution in [3.8, 4) is 5.75 Å². The first-order valence-electron chi connectivity index (χ1n) is 6.78. The van der Waals surface area contributed by atoms with Gasteiger partial charge in [0.05, 0.1) is 18.4 Å². The second kappa shape index (κ2) is 7.02. The maximum Gasteiger partial charge on any atom is 0.253 e. The van der Waals surface area contributed by atoms with Crippen molar-refractivity contribution in [3.63, 3.8) is 0 Å². The number of nitrogen functional groups attached to an aromatic ring is 1. The van der Waals surface area contributed by atoms with E-state index in [0.717, 1.165) is 12.8 Å². The maximum atomic E-state index is 12.2. The normalized spacial score (nSPS) is 12.3. The summed E-state index contributed by atoms with van der Waals surface area (Å²) in [7, 11) is 1.54. The van der Waals surface area contributed by atoms with E-state index in [1.54, 1.807) is 25.3 Å². The van der Waals surface area contributed by atoms with E-state index in [0.29, 0.717) is 22.9 Å². The Morgan fingerprint density at radius 3 is 2.53 bits per heavy atom. The number of carbonyl (C=O) groups excluding carboxylic acids is 1. The van der Waals surface area contributed by atoms with Gasteiger partial charge in [0, 0.05) is 6.04 Å². The first-order chi connectivity index (χ1) is 9.04. The lowest BCUT2D eigenvalue weighted by atomic mass is 9.95. The molecule has 4 heteroatoms. The molecule has 0 fully saturated rings. The molecule has 0 aliphatic heterocycles. The highest BCUT2D eigenvalue weighted by molar-refractivity contribution is 6.00. The van der Waals surface area contributed by atoms with Crippen molar-refractivity contribution in [2.45, 2.75) is 39.7 Å². The zero-order valence-electron chi connectivity index (χ0n) is 12.2. The molecule has 0 spiro atoms. The number of ether oxygens (including phenoxy) is 1. The van der Waals surface area contributed by atoms with E-state index in [1.807, 2.05) is 6.92 Å². The molecule has 1 unspecified atom stereocenters. The van der Waals surface area contributed by atoms with Crippen LogP contribution in [0.15, 0.2) is 18.2 Å². The molecule has 4 nitrogen and oxygen atoms in total. The van der Waals surface area contributed by atoms with E-state index in [-0.39, 0.29) is 11.9 Å². The molecule has 0 saturated heterocycles. The number of hydrogen-bond donors (Lipinski definition) is 2. The van der Waals surface area contributed by atoms with Gasteiger partial charge in [0.15, 0.2) is 0 Å². The fraction of sp³-hybridized carbons (Fsp3) is 0.533. The van der Waals surface area contributed by atoms with Gasteiger partial charge in [0.2, 0.25) is 0 Å². The first kappa shape index (κ1) is 15.3. The highest BCUT2D eigenvalue weighted by atomic mass is 16.5. The molecule has 1 aromatic rings.